The van der Waals surface area contributed by atoms with Crippen LogP contribution in [-0.2, 0) is 24.6 Å². The van der Waals surface area contributed by atoms with Gasteiger partial charge in [0, 0.05) is 30.4 Å². The normalized spacial score (nSPS) is 23.6. The second-order valence-electron chi connectivity index (χ2n) is 7.75. The number of aromatic nitrogens is 1. The van der Waals surface area contributed by atoms with E-state index < -0.39 is 29.3 Å². The molecule has 2 aliphatic heterocycles. The summed E-state index contributed by atoms with van der Waals surface area (Å²) in [5.74, 6) is -1.62. The van der Waals surface area contributed by atoms with E-state index in [1.165, 1.54) is 30.6 Å². The molecule has 2 aromatic rings. The molecule has 2 N–H and O–H groups in total. The maximum Gasteiger partial charge on any atom is 0.338 e. The van der Waals surface area contributed by atoms with E-state index in [0.29, 0.717) is 35.3 Å². The van der Waals surface area contributed by atoms with Crippen LogP contribution in [0, 0.1) is 5.82 Å². The van der Waals surface area contributed by atoms with Crippen LogP contribution in [-0.4, -0.2) is 72.2 Å². The first-order chi connectivity index (χ1) is 15.8. The number of amidine groups is 1. The number of esters is 1. The molecular weight excluding hydrogens is 451 g/mol. The monoisotopic (exact) mass is 474 g/mol. The van der Waals surface area contributed by atoms with Gasteiger partial charge in [-0.15, -0.1) is 11.3 Å². The molecular formula is C22H23FN4O5S. The van der Waals surface area contributed by atoms with Crippen molar-refractivity contribution in [2.24, 2.45) is 4.99 Å². The van der Waals surface area contributed by atoms with Crippen molar-refractivity contribution in [1.29, 1.82) is 0 Å². The number of nitrogens with zero attached hydrogens (tertiary/aromatic N) is 3. The predicted octanol–water partition coefficient (Wildman–Crippen LogP) is 1.76. The van der Waals surface area contributed by atoms with Crippen LogP contribution < -0.4 is 5.32 Å². The average molecular weight is 475 g/mol. The molecule has 2 aliphatic rings. The van der Waals surface area contributed by atoms with Gasteiger partial charge in [0.1, 0.15) is 17.4 Å². The lowest BCUT2D eigenvalue weighted by atomic mass is 9.82. The van der Waals surface area contributed by atoms with Crippen LogP contribution in [0.4, 0.5) is 4.39 Å². The summed E-state index contributed by atoms with van der Waals surface area (Å²) >= 11 is 1.37. The lowest BCUT2D eigenvalue weighted by molar-refractivity contribution is -0.149. The van der Waals surface area contributed by atoms with Gasteiger partial charge in [0.15, 0.2) is 10.8 Å². The Morgan fingerprint density at radius 3 is 2.79 bits per heavy atom. The first kappa shape index (κ1) is 23.0. The molecule has 3 heterocycles. The summed E-state index contributed by atoms with van der Waals surface area (Å²) in [6, 6.07) is 4.88. The molecule has 2 unspecified atom stereocenters. The molecule has 9 nitrogen and oxygen atoms in total. The highest BCUT2D eigenvalue weighted by atomic mass is 32.1. The summed E-state index contributed by atoms with van der Waals surface area (Å²) in [6.07, 6.45) is 1.64. The van der Waals surface area contributed by atoms with Crippen molar-refractivity contribution in [1.82, 2.24) is 15.2 Å². The number of carbonyl (C=O) groups is 2. The van der Waals surface area contributed by atoms with E-state index >= 15 is 0 Å². The number of methoxy groups -OCH3 is 1. The van der Waals surface area contributed by atoms with E-state index in [0.717, 1.165) is 0 Å². The Hall–Kier alpha value is -3.15. The molecule has 0 spiro atoms. The molecule has 33 heavy (non-hydrogen) atoms. The SMILES string of the molecule is COC(=O)C1=C(CN2CCOCC2C(=O)O)NC(c2nccs2)=NC1(C)c1ccc(F)cc1. The fourth-order valence-corrected chi connectivity index (χ4v) is 4.61. The van der Waals surface area contributed by atoms with Crippen molar-refractivity contribution in [2.75, 3.05) is 33.4 Å². The number of rotatable bonds is 6. The number of morpholine rings is 1. The number of aliphatic carboxylic acids is 1. The van der Waals surface area contributed by atoms with Gasteiger partial charge in [0.05, 0.1) is 25.9 Å². The molecule has 0 bridgehead atoms. The highest BCUT2D eigenvalue weighted by Crippen LogP contribution is 2.39. The zero-order chi connectivity index (χ0) is 23.6. The summed E-state index contributed by atoms with van der Waals surface area (Å²) in [4.78, 5) is 35.7. The third-order valence-corrected chi connectivity index (χ3v) is 6.49. The first-order valence-corrected chi connectivity index (χ1v) is 11.1. The van der Waals surface area contributed by atoms with Crippen molar-refractivity contribution < 1.29 is 28.6 Å². The summed E-state index contributed by atoms with van der Waals surface area (Å²) in [5, 5.41) is 15.2. The van der Waals surface area contributed by atoms with Crippen LogP contribution in [0.15, 0.2) is 52.1 Å². The van der Waals surface area contributed by atoms with E-state index in [1.807, 2.05) is 0 Å². The van der Waals surface area contributed by atoms with Gasteiger partial charge in [0.25, 0.3) is 0 Å². The van der Waals surface area contributed by atoms with Gasteiger partial charge < -0.3 is 19.9 Å². The molecule has 0 saturated carbocycles. The van der Waals surface area contributed by atoms with Gasteiger partial charge in [0.2, 0.25) is 0 Å². The van der Waals surface area contributed by atoms with Gasteiger partial charge in [-0.1, -0.05) is 12.1 Å². The summed E-state index contributed by atoms with van der Waals surface area (Å²) in [7, 11) is 1.27. The highest BCUT2D eigenvalue weighted by molar-refractivity contribution is 7.11. The van der Waals surface area contributed by atoms with Crippen LogP contribution in [0.5, 0.6) is 0 Å². The third kappa shape index (κ3) is 4.52. The van der Waals surface area contributed by atoms with Gasteiger partial charge >= 0.3 is 11.9 Å². The number of carboxylic acids is 1. The molecule has 1 saturated heterocycles. The standard InChI is InChI=1S/C22H23FN4O5S/c1-22(13-3-5-14(23)6-4-13)17(21(30)31-2)15(25-18(26-22)19-24-7-10-33-19)11-27-8-9-32-12-16(27)20(28)29/h3-7,10,16H,8-9,11-12H2,1-2H3,(H,25,26)(H,28,29). The van der Waals surface area contributed by atoms with E-state index in [-0.39, 0.29) is 18.7 Å². The number of halogens is 1. The largest absolute Gasteiger partial charge is 0.480 e. The van der Waals surface area contributed by atoms with Gasteiger partial charge in [-0.05, 0) is 24.6 Å². The van der Waals surface area contributed by atoms with E-state index in [1.54, 1.807) is 35.5 Å². The third-order valence-electron chi connectivity index (χ3n) is 5.71. The van der Waals surface area contributed by atoms with Crippen LogP contribution >= 0.6 is 11.3 Å². The Kier molecular flexibility index (Phi) is 6.54. The van der Waals surface area contributed by atoms with E-state index in [2.05, 4.69) is 10.3 Å². The number of aliphatic imine (C=N–C) groups is 1. The van der Waals surface area contributed by atoms with Gasteiger partial charge in [-0.2, -0.15) is 0 Å². The minimum atomic E-state index is -1.23. The summed E-state index contributed by atoms with van der Waals surface area (Å²) < 4.78 is 24.1. The Labute approximate surface area is 193 Å². The Balaban J connectivity index is 1.85. The summed E-state index contributed by atoms with van der Waals surface area (Å²) in [6.45, 7) is 2.64. The maximum atomic E-state index is 13.7. The number of thiazole rings is 1. The van der Waals surface area contributed by atoms with Crippen LogP contribution in [0.25, 0.3) is 0 Å². The Bertz CT molecular complexity index is 1100. The molecule has 1 aromatic carbocycles. The van der Waals surface area contributed by atoms with E-state index in [9.17, 15) is 19.1 Å². The highest BCUT2D eigenvalue weighted by Gasteiger charge is 2.43. The number of nitrogens with one attached hydrogen (secondary N) is 1. The average Bonchev–Trinajstić information content (AvgIpc) is 3.34. The molecule has 0 radical (unpaired) electrons. The zero-order valence-electron chi connectivity index (χ0n) is 18.1. The summed E-state index contributed by atoms with van der Waals surface area (Å²) in [5.41, 5.74) is 0.0107. The van der Waals surface area contributed by atoms with E-state index in [4.69, 9.17) is 14.5 Å². The van der Waals surface area contributed by atoms with Crippen molar-refractivity contribution in [3.8, 4) is 0 Å². The zero-order valence-corrected chi connectivity index (χ0v) is 18.9. The number of hydrogen-bond donors (Lipinski definition) is 2. The number of carbonyl (C=O) groups excluding carboxylic acids is 1. The van der Waals surface area contributed by atoms with Crippen molar-refractivity contribution in [3.05, 3.63) is 63.5 Å². The molecule has 0 aliphatic carbocycles. The molecule has 0 amide bonds. The molecule has 174 valence electrons. The lowest BCUT2D eigenvalue weighted by Crippen LogP contribution is -2.53. The topological polar surface area (TPSA) is 113 Å². The van der Waals surface area contributed by atoms with Crippen LogP contribution in [0.2, 0.25) is 0 Å². The number of ether oxygens (including phenoxy) is 2. The van der Waals surface area contributed by atoms with Crippen molar-refractivity contribution in [2.45, 2.75) is 18.5 Å². The fraction of sp³-hybridized carbons (Fsp3) is 0.364. The number of carboxylic acid groups (broad SMARTS) is 1. The molecule has 1 fully saturated rings. The molecule has 11 heteroatoms. The van der Waals surface area contributed by atoms with Gasteiger partial charge in [-0.25, -0.2) is 19.2 Å². The Morgan fingerprint density at radius 2 is 2.15 bits per heavy atom. The maximum absolute atomic E-state index is 13.7. The predicted molar refractivity (Wildman–Crippen MR) is 118 cm³/mol. The quantitative estimate of drug-likeness (QED) is 0.609. The van der Waals surface area contributed by atoms with Gasteiger partial charge in [-0.3, -0.25) is 9.69 Å². The van der Waals surface area contributed by atoms with Crippen LogP contribution in [0.1, 0.15) is 17.5 Å². The molecule has 4 rings (SSSR count). The van der Waals surface area contributed by atoms with Crippen molar-refractivity contribution in [3.63, 3.8) is 0 Å². The molecule has 1 aromatic heterocycles. The van der Waals surface area contributed by atoms with Crippen LogP contribution in [0.3, 0.4) is 0 Å². The number of benzene rings is 1. The first-order valence-electron chi connectivity index (χ1n) is 10.2. The minimum absolute atomic E-state index is 0.0405. The lowest BCUT2D eigenvalue weighted by Gasteiger charge is -2.38. The molecule has 2 atom stereocenters. The smallest absolute Gasteiger partial charge is 0.338 e. The number of hydrogen-bond acceptors (Lipinski definition) is 9. The van der Waals surface area contributed by atoms with Crippen molar-refractivity contribution >= 4 is 29.1 Å². The second kappa shape index (κ2) is 9.38. The Morgan fingerprint density at radius 1 is 1.39 bits per heavy atom. The second-order valence-corrected chi connectivity index (χ2v) is 8.64. The minimum Gasteiger partial charge on any atom is -0.480 e. The fourth-order valence-electron chi connectivity index (χ4n) is 4.03.